The fraction of sp³-hybridized carbons (Fsp3) is 0.733. The smallest absolute Gasteiger partial charge is 0.0759 e. The number of hydrogen-bond donors (Lipinski definition) is 1. The molecule has 1 aliphatic heterocycles. The summed E-state index contributed by atoms with van der Waals surface area (Å²) in [6.07, 6.45) is 3.34. The van der Waals surface area contributed by atoms with E-state index in [1.54, 1.807) is 0 Å². The van der Waals surface area contributed by atoms with Gasteiger partial charge in [0.2, 0.25) is 0 Å². The van der Waals surface area contributed by atoms with Gasteiger partial charge in [0.1, 0.15) is 0 Å². The molecule has 0 aliphatic carbocycles. The van der Waals surface area contributed by atoms with Crippen LogP contribution in [0, 0.1) is 26.7 Å². The lowest BCUT2D eigenvalue weighted by atomic mass is 9.94. The van der Waals surface area contributed by atoms with Crippen molar-refractivity contribution >= 4 is 0 Å². The number of hydrogen-bond acceptors (Lipinski definition) is 4. The minimum atomic E-state index is 0.326. The van der Waals surface area contributed by atoms with Crippen molar-refractivity contribution in [1.29, 1.82) is 0 Å². The van der Waals surface area contributed by atoms with E-state index in [1.807, 2.05) is 20.8 Å². The highest BCUT2D eigenvalue weighted by molar-refractivity contribution is 5.17. The van der Waals surface area contributed by atoms with E-state index in [0.29, 0.717) is 12.5 Å². The average Bonchev–Trinajstić information content (AvgIpc) is 2.38. The Morgan fingerprint density at radius 2 is 1.68 bits per heavy atom. The van der Waals surface area contributed by atoms with Gasteiger partial charge in [0.05, 0.1) is 22.8 Å². The van der Waals surface area contributed by atoms with Crippen LogP contribution in [-0.2, 0) is 6.54 Å². The molecule has 0 amide bonds. The summed E-state index contributed by atoms with van der Waals surface area (Å²) >= 11 is 0. The van der Waals surface area contributed by atoms with E-state index in [-0.39, 0.29) is 0 Å². The zero-order valence-electron chi connectivity index (χ0n) is 12.3. The van der Waals surface area contributed by atoms with E-state index in [2.05, 4.69) is 14.9 Å². The molecule has 0 unspecified atom stereocenters. The van der Waals surface area contributed by atoms with Crippen LogP contribution in [0.1, 0.15) is 42.0 Å². The van der Waals surface area contributed by atoms with Gasteiger partial charge in [-0.1, -0.05) is 0 Å². The molecule has 1 N–H and O–H groups in total. The summed E-state index contributed by atoms with van der Waals surface area (Å²) in [6, 6.07) is 0. The van der Waals surface area contributed by atoms with Gasteiger partial charge in [-0.15, -0.1) is 0 Å². The van der Waals surface area contributed by atoms with Crippen LogP contribution in [0.25, 0.3) is 0 Å². The number of piperidine rings is 1. The summed E-state index contributed by atoms with van der Waals surface area (Å²) in [5, 5.41) is 8.98. The Hall–Kier alpha value is -1.00. The molecule has 0 atom stereocenters. The second kappa shape index (κ2) is 6.44. The first-order valence-corrected chi connectivity index (χ1v) is 7.24. The minimum Gasteiger partial charge on any atom is -0.396 e. The van der Waals surface area contributed by atoms with E-state index in [9.17, 15) is 0 Å². The Morgan fingerprint density at radius 1 is 1.05 bits per heavy atom. The Morgan fingerprint density at radius 3 is 2.32 bits per heavy atom. The molecule has 0 radical (unpaired) electrons. The van der Waals surface area contributed by atoms with Crippen LogP contribution < -0.4 is 0 Å². The first-order chi connectivity index (χ1) is 9.10. The Balaban J connectivity index is 1.94. The number of rotatable bonds is 4. The van der Waals surface area contributed by atoms with E-state index >= 15 is 0 Å². The number of likely N-dealkylation sites (tertiary alicyclic amines) is 1. The van der Waals surface area contributed by atoms with Gasteiger partial charge in [0.15, 0.2) is 0 Å². The second-order valence-electron chi connectivity index (χ2n) is 5.66. The number of aliphatic hydroxyl groups is 1. The molecule has 19 heavy (non-hydrogen) atoms. The van der Waals surface area contributed by atoms with Gasteiger partial charge in [0.25, 0.3) is 0 Å². The van der Waals surface area contributed by atoms with Crippen molar-refractivity contribution in [2.24, 2.45) is 5.92 Å². The Kier molecular flexibility index (Phi) is 4.88. The molecule has 2 rings (SSSR count). The summed E-state index contributed by atoms with van der Waals surface area (Å²) < 4.78 is 0. The van der Waals surface area contributed by atoms with Crippen LogP contribution >= 0.6 is 0 Å². The molecule has 1 fully saturated rings. The predicted octanol–water partition coefficient (Wildman–Crippen LogP) is 2.00. The molecule has 0 saturated carbocycles. The first-order valence-electron chi connectivity index (χ1n) is 7.24. The summed E-state index contributed by atoms with van der Waals surface area (Å²) in [7, 11) is 0. The third-order valence-electron chi connectivity index (χ3n) is 4.20. The van der Waals surface area contributed by atoms with Crippen LogP contribution in [0.3, 0.4) is 0 Å². The molecule has 0 bridgehead atoms. The Labute approximate surface area is 115 Å². The number of aryl methyl sites for hydroxylation is 3. The summed E-state index contributed by atoms with van der Waals surface area (Å²) in [5.74, 6) is 0.702. The van der Waals surface area contributed by atoms with Crippen molar-refractivity contribution in [2.45, 2.75) is 46.6 Å². The third kappa shape index (κ3) is 3.74. The highest BCUT2D eigenvalue weighted by atomic mass is 16.3. The zero-order valence-corrected chi connectivity index (χ0v) is 12.3. The molecule has 106 valence electrons. The van der Waals surface area contributed by atoms with Crippen LogP contribution in [0.4, 0.5) is 0 Å². The minimum absolute atomic E-state index is 0.326. The SMILES string of the molecule is Cc1nc(C)c(CN2CCC(CCO)CC2)nc1C. The van der Waals surface area contributed by atoms with Gasteiger partial charge >= 0.3 is 0 Å². The lowest BCUT2D eigenvalue weighted by Crippen LogP contribution is -2.34. The lowest BCUT2D eigenvalue weighted by molar-refractivity contribution is 0.152. The van der Waals surface area contributed by atoms with Crippen molar-refractivity contribution in [3.05, 3.63) is 22.8 Å². The molecular formula is C15H25N3O. The third-order valence-corrected chi connectivity index (χ3v) is 4.20. The van der Waals surface area contributed by atoms with Gasteiger partial charge in [-0.05, 0) is 59.0 Å². The van der Waals surface area contributed by atoms with Crippen LogP contribution in [-0.4, -0.2) is 39.7 Å². The monoisotopic (exact) mass is 263 g/mol. The number of nitrogens with zero attached hydrogens (tertiary/aromatic N) is 3. The van der Waals surface area contributed by atoms with E-state index in [1.165, 1.54) is 12.8 Å². The van der Waals surface area contributed by atoms with Gasteiger partial charge in [-0.2, -0.15) is 0 Å². The standard InChI is InChI=1S/C15H25N3O/c1-11-12(2)17-15(13(3)16-11)10-18-7-4-14(5-8-18)6-9-19/h14,19H,4-10H2,1-3H3. The maximum Gasteiger partial charge on any atom is 0.0759 e. The van der Waals surface area contributed by atoms with Gasteiger partial charge in [-0.25, -0.2) is 0 Å². The largest absolute Gasteiger partial charge is 0.396 e. The normalized spacial score (nSPS) is 17.9. The maximum atomic E-state index is 8.98. The fourth-order valence-electron chi connectivity index (χ4n) is 2.74. The highest BCUT2D eigenvalue weighted by Crippen LogP contribution is 2.21. The molecule has 1 saturated heterocycles. The van der Waals surface area contributed by atoms with E-state index < -0.39 is 0 Å². The summed E-state index contributed by atoms with van der Waals surface area (Å²) in [6.45, 7) is 9.54. The van der Waals surface area contributed by atoms with Crippen molar-refractivity contribution in [2.75, 3.05) is 19.7 Å². The van der Waals surface area contributed by atoms with Crippen LogP contribution in [0.15, 0.2) is 0 Å². The lowest BCUT2D eigenvalue weighted by Gasteiger charge is -2.31. The van der Waals surface area contributed by atoms with Gasteiger partial charge in [-0.3, -0.25) is 14.9 Å². The van der Waals surface area contributed by atoms with Gasteiger partial charge < -0.3 is 5.11 Å². The summed E-state index contributed by atoms with van der Waals surface area (Å²) in [4.78, 5) is 11.7. The van der Waals surface area contributed by atoms with Crippen LogP contribution in [0.2, 0.25) is 0 Å². The van der Waals surface area contributed by atoms with E-state index in [0.717, 1.165) is 48.8 Å². The van der Waals surface area contributed by atoms with E-state index in [4.69, 9.17) is 5.11 Å². The van der Waals surface area contributed by atoms with Crippen molar-refractivity contribution in [3.8, 4) is 0 Å². The predicted molar refractivity (Wildman–Crippen MR) is 75.9 cm³/mol. The molecule has 1 aliphatic rings. The second-order valence-corrected chi connectivity index (χ2v) is 5.66. The molecule has 4 heteroatoms. The molecular weight excluding hydrogens is 238 g/mol. The molecule has 4 nitrogen and oxygen atoms in total. The quantitative estimate of drug-likeness (QED) is 0.902. The molecule has 2 heterocycles. The molecule has 0 aromatic carbocycles. The fourth-order valence-corrected chi connectivity index (χ4v) is 2.74. The van der Waals surface area contributed by atoms with Crippen molar-refractivity contribution in [1.82, 2.24) is 14.9 Å². The number of aromatic nitrogens is 2. The highest BCUT2D eigenvalue weighted by Gasteiger charge is 2.20. The average molecular weight is 263 g/mol. The van der Waals surface area contributed by atoms with Crippen LogP contribution in [0.5, 0.6) is 0 Å². The first kappa shape index (κ1) is 14.4. The molecule has 0 spiro atoms. The Bertz CT molecular complexity index is 426. The molecule has 1 aromatic rings. The van der Waals surface area contributed by atoms with Crippen molar-refractivity contribution in [3.63, 3.8) is 0 Å². The topological polar surface area (TPSA) is 49.2 Å². The van der Waals surface area contributed by atoms with Crippen molar-refractivity contribution < 1.29 is 5.11 Å². The zero-order chi connectivity index (χ0) is 13.8. The maximum absolute atomic E-state index is 8.98. The number of aliphatic hydroxyl groups excluding tert-OH is 1. The van der Waals surface area contributed by atoms with Gasteiger partial charge in [0, 0.05) is 13.2 Å². The summed E-state index contributed by atoms with van der Waals surface area (Å²) in [5.41, 5.74) is 4.24. The molecule has 1 aromatic heterocycles.